The van der Waals surface area contributed by atoms with E-state index >= 15 is 0 Å². The average Bonchev–Trinajstić information content (AvgIpc) is 1.79. The van der Waals surface area contributed by atoms with Gasteiger partial charge in [0.2, 0.25) is 0 Å². The van der Waals surface area contributed by atoms with Crippen LogP contribution in [0.1, 0.15) is 13.3 Å². The summed E-state index contributed by atoms with van der Waals surface area (Å²) in [5.41, 5.74) is 0. The first-order valence-electron chi connectivity index (χ1n) is 3.09. The Labute approximate surface area is 68.7 Å². The molecular weight excluding hydrogens is 232 g/mol. The molecule has 54 valence electrons. The third kappa shape index (κ3) is 1.77. The molecule has 2 atom stereocenters. The summed E-state index contributed by atoms with van der Waals surface area (Å²) in [6, 6.07) is 0.409. The number of likely N-dealkylation sites (tertiary alicyclic amines) is 1. The maximum Gasteiger partial charge on any atom is 0.175 e. The molecule has 1 unspecified atom stereocenters. The van der Waals surface area contributed by atoms with Crippen LogP contribution in [0.25, 0.3) is 0 Å². The van der Waals surface area contributed by atoms with Crippen molar-refractivity contribution in [2.75, 3.05) is 13.6 Å². The van der Waals surface area contributed by atoms with Crippen molar-refractivity contribution in [2.24, 2.45) is 0 Å². The summed E-state index contributed by atoms with van der Waals surface area (Å²) in [5.74, 6) is 0. The molecule has 1 aliphatic rings. The predicted molar refractivity (Wildman–Crippen MR) is 44.6 cm³/mol. The quantitative estimate of drug-likeness (QED) is 0.463. The zero-order chi connectivity index (χ0) is 7.07. The van der Waals surface area contributed by atoms with Gasteiger partial charge in [-0.3, -0.25) is 4.90 Å². The van der Waals surface area contributed by atoms with Crippen molar-refractivity contribution in [3.63, 3.8) is 0 Å². The van der Waals surface area contributed by atoms with E-state index in [1.807, 2.05) is 34.5 Å². The molecule has 0 aliphatic carbocycles. The molecule has 0 N–H and O–H groups in total. The van der Waals surface area contributed by atoms with E-state index in [-0.39, 0.29) is 0 Å². The fourth-order valence-electron chi connectivity index (χ4n) is 1.17. The van der Waals surface area contributed by atoms with Gasteiger partial charge in [-0.05, 0) is 36.6 Å². The highest BCUT2D eigenvalue weighted by Gasteiger charge is 2.38. The van der Waals surface area contributed by atoms with Crippen LogP contribution in [0.2, 0.25) is 0 Å². The second-order valence-corrected chi connectivity index (χ2v) is 4.76. The van der Waals surface area contributed by atoms with E-state index in [4.69, 9.17) is 0 Å². The second-order valence-electron chi connectivity index (χ2n) is 2.82. The Hall–Kier alpha value is 0.620. The number of halogens is 2. The minimum Gasteiger partial charge on any atom is -0.300 e. The first-order valence-corrected chi connectivity index (χ1v) is 4.17. The van der Waals surface area contributed by atoms with Crippen LogP contribution in [0.3, 0.4) is 0 Å². The van der Waals surface area contributed by atoms with Crippen molar-refractivity contribution in [3.8, 4) is 0 Å². The van der Waals surface area contributed by atoms with Crippen molar-refractivity contribution < 1.29 is 4.39 Å². The lowest BCUT2D eigenvalue weighted by molar-refractivity contribution is 0.293. The van der Waals surface area contributed by atoms with Crippen LogP contribution in [-0.4, -0.2) is 28.2 Å². The van der Waals surface area contributed by atoms with E-state index in [0.717, 1.165) is 0 Å². The third-order valence-electron chi connectivity index (χ3n) is 1.83. The van der Waals surface area contributed by atoms with Crippen LogP contribution in [0.5, 0.6) is 0 Å². The van der Waals surface area contributed by atoms with Crippen LogP contribution in [0, 0.1) is 0 Å². The van der Waals surface area contributed by atoms with Gasteiger partial charge in [-0.15, -0.1) is 0 Å². The SMILES string of the molecule is C[C@@H]1CC(F)(I)CN1C. The van der Waals surface area contributed by atoms with Gasteiger partial charge >= 0.3 is 0 Å². The van der Waals surface area contributed by atoms with Crippen molar-refractivity contribution >= 4 is 22.6 Å². The number of rotatable bonds is 0. The molecule has 3 heteroatoms. The fourth-order valence-corrected chi connectivity index (χ4v) is 2.35. The van der Waals surface area contributed by atoms with Gasteiger partial charge in [0.15, 0.2) is 3.68 Å². The highest BCUT2D eigenvalue weighted by Crippen LogP contribution is 2.34. The molecule has 1 heterocycles. The normalized spacial score (nSPS) is 46.0. The summed E-state index contributed by atoms with van der Waals surface area (Å²) >= 11 is 1.89. The molecule has 0 saturated carbocycles. The van der Waals surface area contributed by atoms with Gasteiger partial charge in [-0.1, -0.05) is 0 Å². The number of hydrogen-bond donors (Lipinski definition) is 0. The van der Waals surface area contributed by atoms with Crippen LogP contribution in [-0.2, 0) is 0 Å². The Bertz CT molecular complexity index is 104. The summed E-state index contributed by atoms with van der Waals surface area (Å²) in [6.45, 7) is 2.63. The van der Waals surface area contributed by atoms with E-state index < -0.39 is 3.68 Å². The zero-order valence-corrected chi connectivity index (χ0v) is 7.85. The zero-order valence-electron chi connectivity index (χ0n) is 5.69. The number of alkyl halides is 2. The summed E-state index contributed by atoms with van der Waals surface area (Å²) in [4.78, 5) is 2.05. The average molecular weight is 243 g/mol. The van der Waals surface area contributed by atoms with E-state index in [9.17, 15) is 4.39 Å². The van der Waals surface area contributed by atoms with Crippen LogP contribution in [0.4, 0.5) is 4.39 Å². The highest BCUT2D eigenvalue weighted by atomic mass is 127. The molecule has 0 spiro atoms. The van der Waals surface area contributed by atoms with Crippen molar-refractivity contribution in [1.29, 1.82) is 0 Å². The van der Waals surface area contributed by atoms with E-state index in [0.29, 0.717) is 19.0 Å². The minimum atomic E-state index is -0.966. The lowest BCUT2D eigenvalue weighted by atomic mass is 10.2. The Morgan fingerprint density at radius 1 is 1.78 bits per heavy atom. The highest BCUT2D eigenvalue weighted by molar-refractivity contribution is 14.1. The first-order chi connectivity index (χ1) is 4.01. The van der Waals surface area contributed by atoms with Crippen LogP contribution >= 0.6 is 22.6 Å². The van der Waals surface area contributed by atoms with Gasteiger partial charge in [0.25, 0.3) is 0 Å². The molecule has 0 amide bonds. The Balaban J connectivity index is 2.54. The van der Waals surface area contributed by atoms with Crippen LogP contribution < -0.4 is 0 Å². The first kappa shape index (κ1) is 7.72. The fraction of sp³-hybridized carbons (Fsp3) is 1.00. The molecule has 9 heavy (non-hydrogen) atoms. The summed E-state index contributed by atoms with van der Waals surface area (Å²) in [6.07, 6.45) is 0.671. The van der Waals surface area contributed by atoms with Gasteiger partial charge in [-0.25, -0.2) is 4.39 Å². The molecule has 1 nitrogen and oxygen atoms in total. The van der Waals surface area contributed by atoms with Crippen LogP contribution in [0.15, 0.2) is 0 Å². The van der Waals surface area contributed by atoms with Crippen molar-refractivity contribution in [2.45, 2.75) is 23.1 Å². The number of nitrogens with zero attached hydrogens (tertiary/aromatic N) is 1. The summed E-state index contributed by atoms with van der Waals surface area (Å²) in [5, 5.41) is 0. The van der Waals surface area contributed by atoms with Gasteiger partial charge in [-0.2, -0.15) is 0 Å². The maximum atomic E-state index is 13.1. The van der Waals surface area contributed by atoms with E-state index in [2.05, 4.69) is 6.92 Å². The largest absolute Gasteiger partial charge is 0.300 e. The molecule has 1 saturated heterocycles. The van der Waals surface area contributed by atoms with Crippen molar-refractivity contribution in [1.82, 2.24) is 4.90 Å². The minimum absolute atomic E-state index is 0.409. The Kier molecular flexibility index (Phi) is 2.01. The molecule has 1 aliphatic heterocycles. The Morgan fingerprint density at radius 3 is 2.44 bits per heavy atom. The maximum absolute atomic E-state index is 13.1. The van der Waals surface area contributed by atoms with E-state index in [1.54, 1.807) is 0 Å². The molecule has 0 radical (unpaired) electrons. The standard InChI is InChI=1S/C6H11FIN/c1-5-3-6(7,8)4-9(5)2/h5H,3-4H2,1-2H3/t5-,6?/m1/s1. The topological polar surface area (TPSA) is 3.24 Å². The van der Waals surface area contributed by atoms with Gasteiger partial charge < -0.3 is 0 Å². The Morgan fingerprint density at radius 2 is 2.33 bits per heavy atom. The summed E-state index contributed by atoms with van der Waals surface area (Å²) < 4.78 is 12.1. The monoisotopic (exact) mass is 243 g/mol. The predicted octanol–water partition coefficient (Wildman–Crippen LogP) is 1.81. The van der Waals surface area contributed by atoms with E-state index in [1.165, 1.54) is 0 Å². The van der Waals surface area contributed by atoms with Gasteiger partial charge in [0.05, 0.1) is 0 Å². The smallest absolute Gasteiger partial charge is 0.175 e. The molecule has 0 aromatic rings. The van der Waals surface area contributed by atoms with Crippen molar-refractivity contribution in [3.05, 3.63) is 0 Å². The summed E-state index contributed by atoms with van der Waals surface area (Å²) in [7, 11) is 1.96. The molecule has 0 aromatic heterocycles. The molecule has 0 bridgehead atoms. The number of hydrogen-bond acceptors (Lipinski definition) is 1. The molecular formula is C6H11FIN. The molecule has 1 fully saturated rings. The second kappa shape index (κ2) is 2.34. The van der Waals surface area contributed by atoms with Gasteiger partial charge in [0.1, 0.15) is 0 Å². The lowest BCUT2D eigenvalue weighted by Crippen LogP contribution is -2.23. The van der Waals surface area contributed by atoms with Gasteiger partial charge in [0, 0.05) is 19.0 Å². The lowest BCUT2D eigenvalue weighted by Gasteiger charge is -2.12. The molecule has 0 aromatic carbocycles. The molecule has 1 rings (SSSR count). The third-order valence-corrected chi connectivity index (χ3v) is 2.61.